The minimum atomic E-state index is -1.11. The fourth-order valence-corrected chi connectivity index (χ4v) is 4.13. The fourth-order valence-electron chi connectivity index (χ4n) is 4.13. The van der Waals surface area contributed by atoms with Crippen LogP contribution < -0.4 is 10.6 Å². The smallest absolute Gasteiger partial charge is 0.330 e. The second-order valence-corrected chi connectivity index (χ2v) is 8.03. The number of carbonyl (C=O) groups excluding carboxylic acids is 2. The highest BCUT2D eigenvalue weighted by molar-refractivity contribution is 5.87. The summed E-state index contributed by atoms with van der Waals surface area (Å²) in [5.74, 6) is -1.10. The third kappa shape index (κ3) is 4.84. The first-order valence-corrected chi connectivity index (χ1v) is 10.6. The molecule has 2 amide bonds. The van der Waals surface area contributed by atoms with E-state index in [-0.39, 0.29) is 24.8 Å². The molecule has 2 aromatic rings. The average molecular weight is 422 g/mol. The number of carboxylic acid groups (broad SMARTS) is 1. The summed E-state index contributed by atoms with van der Waals surface area (Å²) in [6, 6.07) is 11.4. The van der Waals surface area contributed by atoms with Crippen molar-refractivity contribution in [2.75, 3.05) is 25.0 Å². The normalized spacial score (nSPS) is 18.6. The van der Waals surface area contributed by atoms with Gasteiger partial charge in [0.05, 0.1) is 18.0 Å². The Bertz CT molecular complexity index is 979. The first-order chi connectivity index (χ1) is 15.0. The number of aliphatic carboxylic acids is 1. The van der Waals surface area contributed by atoms with Gasteiger partial charge in [0.25, 0.3) is 0 Å². The summed E-state index contributed by atoms with van der Waals surface area (Å²) in [6.45, 7) is 1.65. The number of carboxylic acids is 1. The molecular weight excluding hydrogens is 396 g/mol. The van der Waals surface area contributed by atoms with Crippen molar-refractivity contribution in [3.8, 4) is 0 Å². The predicted molar refractivity (Wildman–Crippen MR) is 114 cm³/mol. The zero-order valence-electron chi connectivity index (χ0n) is 17.2. The van der Waals surface area contributed by atoms with E-state index in [2.05, 4.69) is 15.6 Å². The number of rotatable bonds is 6. The molecule has 8 nitrogen and oxygen atoms in total. The lowest BCUT2D eigenvalue weighted by molar-refractivity contribution is -0.142. The molecule has 8 heteroatoms. The van der Waals surface area contributed by atoms with Crippen molar-refractivity contribution in [1.82, 2.24) is 15.2 Å². The monoisotopic (exact) mass is 422 g/mol. The molecule has 1 unspecified atom stereocenters. The van der Waals surface area contributed by atoms with E-state index >= 15 is 0 Å². The molecule has 4 rings (SSSR count). The van der Waals surface area contributed by atoms with E-state index in [0.29, 0.717) is 24.2 Å². The molecule has 2 atom stereocenters. The lowest BCUT2D eigenvalue weighted by Gasteiger charge is -2.20. The summed E-state index contributed by atoms with van der Waals surface area (Å²) in [5.41, 5.74) is 2.40. The van der Waals surface area contributed by atoms with Crippen LogP contribution >= 0.6 is 0 Å². The van der Waals surface area contributed by atoms with Gasteiger partial charge < -0.3 is 20.6 Å². The van der Waals surface area contributed by atoms with E-state index in [1.165, 1.54) is 5.56 Å². The standard InChI is InChI=1S/C23H26N4O4/c28-19(13-18-9-8-16-7-4-11-24-21(16)25-18)27-12-10-17(14-27)22(29)26-20(23(30)31)15-5-2-1-3-6-15/h1-3,5-6,8-9,17,20H,4,7,10-14H2,(H,24,25)(H,26,29)(H,30,31)/t17?,20-/m1/s1. The van der Waals surface area contributed by atoms with Crippen molar-refractivity contribution in [2.45, 2.75) is 31.7 Å². The maximum absolute atomic E-state index is 12.7. The van der Waals surface area contributed by atoms with Gasteiger partial charge in [-0.25, -0.2) is 9.78 Å². The fraction of sp³-hybridized carbons (Fsp3) is 0.391. The van der Waals surface area contributed by atoms with Crippen molar-refractivity contribution in [2.24, 2.45) is 5.92 Å². The van der Waals surface area contributed by atoms with Gasteiger partial charge in [-0.3, -0.25) is 9.59 Å². The van der Waals surface area contributed by atoms with E-state index < -0.39 is 17.9 Å². The quantitative estimate of drug-likeness (QED) is 0.654. The Morgan fingerprint density at radius 1 is 1.19 bits per heavy atom. The van der Waals surface area contributed by atoms with Crippen LogP contribution in [0.1, 0.15) is 35.7 Å². The minimum absolute atomic E-state index is 0.0728. The van der Waals surface area contributed by atoms with Crippen LogP contribution in [0.15, 0.2) is 42.5 Å². The van der Waals surface area contributed by atoms with Crippen LogP contribution in [-0.4, -0.2) is 52.4 Å². The van der Waals surface area contributed by atoms with Crippen molar-refractivity contribution >= 4 is 23.6 Å². The Labute approximate surface area is 180 Å². The molecule has 2 aliphatic heterocycles. The van der Waals surface area contributed by atoms with Gasteiger partial charge in [0.15, 0.2) is 6.04 Å². The van der Waals surface area contributed by atoms with E-state index in [1.54, 1.807) is 35.2 Å². The van der Waals surface area contributed by atoms with Crippen LogP contribution in [0, 0.1) is 5.92 Å². The molecule has 0 bridgehead atoms. The first-order valence-electron chi connectivity index (χ1n) is 10.6. The third-order valence-electron chi connectivity index (χ3n) is 5.86. The van der Waals surface area contributed by atoms with Crippen LogP contribution in [0.5, 0.6) is 0 Å². The number of likely N-dealkylation sites (tertiary alicyclic amines) is 1. The number of carbonyl (C=O) groups is 3. The number of aromatic nitrogens is 1. The summed E-state index contributed by atoms with van der Waals surface area (Å²) in [7, 11) is 0. The number of nitrogens with zero attached hydrogens (tertiary/aromatic N) is 2. The van der Waals surface area contributed by atoms with Crippen molar-refractivity contribution in [3.05, 3.63) is 59.3 Å². The van der Waals surface area contributed by atoms with Gasteiger partial charge in [-0.15, -0.1) is 0 Å². The average Bonchev–Trinajstić information content (AvgIpc) is 3.28. The van der Waals surface area contributed by atoms with E-state index in [9.17, 15) is 19.5 Å². The van der Waals surface area contributed by atoms with Crippen LogP contribution in [-0.2, 0) is 27.2 Å². The van der Waals surface area contributed by atoms with Gasteiger partial charge in [0.2, 0.25) is 11.8 Å². The summed E-state index contributed by atoms with van der Waals surface area (Å²) < 4.78 is 0. The Morgan fingerprint density at radius 3 is 2.77 bits per heavy atom. The Balaban J connectivity index is 1.34. The lowest BCUT2D eigenvalue weighted by Crippen LogP contribution is -2.39. The van der Waals surface area contributed by atoms with Gasteiger partial charge in [-0.1, -0.05) is 36.4 Å². The van der Waals surface area contributed by atoms with Gasteiger partial charge in [-0.2, -0.15) is 0 Å². The molecular formula is C23H26N4O4. The van der Waals surface area contributed by atoms with E-state index in [0.717, 1.165) is 25.2 Å². The number of hydrogen-bond acceptors (Lipinski definition) is 5. The third-order valence-corrected chi connectivity index (χ3v) is 5.86. The van der Waals surface area contributed by atoms with Crippen molar-refractivity contribution < 1.29 is 19.5 Å². The Morgan fingerprint density at radius 2 is 2.00 bits per heavy atom. The second kappa shape index (κ2) is 9.16. The Kier molecular flexibility index (Phi) is 6.16. The molecule has 0 saturated carbocycles. The number of fused-ring (bicyclic) bond motifs is 1. The topological polar surface area (TPSA) is 112 Å². The number of anilines is 1. The highest BCUT2D eigenvalue weighted by Crippen LogP contribution is 2.22. The summed E-state index contributed by atoms with van der Waals surface area (Å²) in [5, 5.41) is 15.4. The molecule has 1 fully saturated rings. The summed E-state index contributed by atoms with van der Waals surface area (Å²) >= 11 is 0. The molecule has 1 aromatic heterocycles. The molecule has 31 heavy (non-hydrogen) atoms. The molecule has 3 N–H and O–H groups in total. The Hall–Kier alpha value is -3.42. The highest BCUT2D eigenvalue weighted by Gasteiger charge is 2.33. The van der Waals surface area contributed by atoms with Crippen LogP contribution in [0.2, 0.25) is 0 Å². The summed E-state index contributed by atoms with van der Waals surface area (Å²) in [6.07, 6.45) is 2.77. The van der Waals surface area contributed by atoms with Crippen LogP contribution in [0.3, 0.4) is 0 Å². The predicted octanol–water partition coefficient (Wildman–Crippen LogP) is 1.77. The maximum Gasteiger partial charge on any atom is 0.330 e. The van der Waals surface area contributed by atoms with E-state index in [1.807, 2.05) is 12.1 Å². The summed E-state index contributed by atoms with van der Waals surface area (Å²) in [4.78, 5) is 43.3. The molecule has 162 valence electrons. The zero-order chi connectivity index (χ0) is 21.8. The second-order valence-electron chi connectivity index (χ2n) is 8.03. The molecule has 3 heterocycles. The number of aryl methyl sites for hydroxylation is 1. The molecule has 0 aliphatic carbocycles. The maximum atomic E-state index is 12.7. The highest BCUT2D eigenvalue weighted by atomic mass is 16.4. The first kappa shape index (κ1) is 20.8. The largest absolute Gasteiger partial charge is 0.479 e. The van der Waals surface area contributed by atoms with Crippen LogP contribution in [0.4, 0.5) is 5.82 Å². The zero-order valence-corrected chi connectivity index (χ0v) is 17.2. The number of hydrogen-bond donors (Lipinski definition) is 3. The molecule has 1 saturated heterocycles. The number of pyridine rings is 1. The molecule has 2 aliphatic rings. The van der Waals surface area contributed by atoms with E-state index in [4.69, 9.17) is 0 Å². The van der Waals surface area contributed by atoms with Gasteiger partial charge in [0, 0.05) is 19.6 Å². The lowest BCUT2D eigenvalue weighted by atomic mass is 10.0. The van der Waals surface area contributed by atoms with Gasteiger partial charge >= 0.3 is 5.97 Å². The minimum Gasteiger partial charge on any atom is -0.479 e. The van der Waals surface area contributed by atoms with Crippen molar-refractivity contribution in [3.63, 3.8) is 0 Å². The number of nitrogens with one attached hydrogen (secondary N) is 2. The number of amides is 2. The van der Waals surface area contributed by atoms with Gasteiger partial charge in [0.1, 0.15) is 5.82 Å². The number of benzene rings is 1. The van der Waals surface area contributed by atoms with Crippen LogP contribution in [0.25, 0.3) is 0 Å². The molecule has 0 spiro atoms. The van der Waals surface area contributed by atoms with Gasteiger partial charge in [-0.05, 0) is 36.5 Å². The van der Waals surface area contributed by atoms with Crippen molar-refractivity contribution in [1.29, 1.82) is 0 Å². The molecule has 0 radical (unpaired) electrons. The SMILES string of the molecule is O=C(N[C@@H](C(=O)O)c1ccccc1)C1CCN(C(=O)Cc2ccc3c(n2)NCCC3)C1. The molecule has 1 aromatic carbocycles.